The number of nitrogens with one attached hydrogen (secondary N) is 2. The summed E-state index contributed by atoms with van der Waals surface area (Å²) < 4.78 is 0. The number of hydrogen-bond acceptors (Lipinski definition) is 2. The van der Waals surface area contributed by atoms with Crippen molar-refractivity contribution in [3.63, 3.8) is 0 Å². The van der Waals surface area contributed by atoms with E-state index >= 15 is 0 Å². The van der Waals surface area contributed by atoms with Crippen LogP contribution >= 0.6 is 11.6 Å². The summed E-state index contributed by atoms with van der Waals surface area (Å²) in [4.78, 5) is 11.6. The van der Waals surface area contributed by atoms with Gasteiger partial charge in [0.05, 0.1) is 12.6 Å². The van der Waals surface area contributed by atoms with Crippen LogP contribution in [0.4, 0.5) is 10.5 Å². The summed E-state index contributed by atoms with van der Waals surface area (Å²) in [6, 6.07) is 4.73. The van der Waals surface area contributed by atoms with Crippen LogP contribution < -0.4 is 10.6 Å². The molecule has 2 amide bonds. The van der Waals surface area contributed by atoms with Crippen molar-refractivity contribution in [1.82, 2.24) is 5.32 Å². The number of halogens is 1. The molecule has 0 aliphatic rings. The van der Waals surface area contributed by atoms with Gasteiger partial charge in [-0.1, -0.05) is 24.6 Å². The number of hydrogen-bond donors (Lipinski definition) is 3. The van der Waals surface area contributed by atoms with Gasteiger partial charge in [-0.3, -0.25) is 0 Å². The maximum absolute atomic E-state index is 11.6. The number of anilines is 1. The van der Waals surface area contributed by atoms with Gasteiger partial charge >= 0.3 is 6.03 Å². The standard InChI is InChI=1S/C12H17ClN2O2/c1-3-10(7-16)14-12(17)15-11-6-9(13)5-4-8(11)2/h4-6,10,16H,3,7H2,1-2H3,(H2,14,15,17). The van der Waals surface area contributed by atoms with Crippen LogP contribution in [0, 0.1) is 6.92 Å². The molecule has 1 rings (SSSR count). The van der Waals surface area contributed by atoms with Crippen molar-refractivity contribution in [2.45, 2.75) is 26.3 Å². The molecule has 5 heteroatoms. The second-order valence-corrected chi connectivity index (χ2v) is 4.28. The summed E-state index contributed by atoms with van der Waals surface area (Å²) in [6.45, 7) is 3.71. The zero-order valence-electron chi connectivity index (χ0n) is 9.96. The number of carbonyl (C=O) groups is 1. The van der Waals surface area contributed by atoms with Gasteiger partial charge < -0.3 is 15.7 Å². The van der Waals surface area contributed by atoms with E-state index in [0.29, 0.717) is 17.1 Å². The molecule has 0 aliphatic heterocycles. The predicted molar refractivity (Wildman–Crippen MR) is 69.5 cm³/mol. The van der Waals surface area contributed by atoms with Gasteiger partial charge in [0.1, 0.15) is 0 Å². The van der Waals surface area contributed by atoms with Crippen molar-refractivity contribution >= 4 is 23.3 Å². The normalized spacial score (nSPS) is 12.0. The maximum atomic E-state index is 11.6. The Morgan fingerprint density at radius 2 is 2.24 bits per heavy atom. The highest BCUT2D eigenvalue weighted by atomic mass is 35.5. The first-order valence-electron chi connectivity index (χ1n) is 5.51. The molecular weight excluding hydrogens is 240 g/mol. The van der Waals surface area contributed by atoms with Crippen molar-refractivity contribution in [1.29, 1.82) is 0 Å². The minimum atomic E-state index is -0.337. The van der Waals surface area contributed by atoms with Crippen molar-refractivity contribution in [2.75, 3.05) is 11.9 Å². The minimum Gasteiger partial charge on any atom is -0.394 e. The number of aliphatic hydroxyl groups excluding tert-OH is 1. The van der Waals surface area contributed by atoms with E-state index in [0.717, 1.165) is 5.56 Å². The molecule has 0 saturated heterocycles. The second kappa shape index (κ2) is 6.47. The summed E-state index contributed by atoms with van der Waals surface area (Å²) in [5.74, 6) is 0. The van der Waals surface area contributed by atoms with Gasteiger partial charge in [-0.05, 0) is 31.0 Å². The molecule has 0 fully saturated rings. The van der Waals surface area contributed by atoms with Crippen molar-refractivity contribution in [3.8, 4) is 0 Å². The van der Waals surface area contributed by atoms with Crippen LogP contribution in [0.25, 0.3) is 0 Å². The smallest absolute Gasteiger partial charge is 0.319 e. The number of aryl methyl sites for hydroxylation is 1. The fourth-order valence-electron chi connectivity index (χ4n) is 1.35. The Kier molecular flexibility index (Phi) is 5.25. The SMILES string of the molecule is CCC(CO)NC(=O)Nc1cc(Cl)ccc1C. The van der Waals surface area contributed by atoms with E-state index in [9.17, 15) is 4.79 Å². The molecule has 0 bridgehead atoms. The van der Waals surface area contributed by atoms with Crippen molar-refractivity contribution in [2.24, 2.45) is 0 Å². The lowest BCUT2D eigenvalue weighted by atomic mass is 10.2. The topological polar surface area (TPSA) is 61.4 Å². The van der Waals surface area contributed by atoms with Gasteiger partial charge in [-0.15, -0.1) is 0 Å². The van der Waals surface area contributed by atoms with Crippen LogP contribution in [0.15, 0.2) is 18.2 Å². The molecule has 1 unspecified atom stereocenters. The zero-order valence-corrected chi connectivity index (χ0v) is 10.7. The van der Waals surface area contributed by atoms with E-state index in [1.165, 1.54) is 0 Å². The molecule has 1 aromatic rings. The number of urea groups is 1. The van der Waals surface area contributed by atoms with Crippen LogP contribution in [0.3, 0.4) is 0 Å². The van der Waals surface area contributed by atoms with Crippen molar-refractivity contribution < 1.29 is 9.90 Å². The molecule has 0 heterocycles. The highest BCUT2D eigenvalue weighted by molar-refractivity contribution is 6.31. The van der Waals surface area contributed by atoms with Gasteiger partial charge in [0.15, 0.2) is 0 Å². The van der Waals surface area contributed by atoms with Gasteiger partial charge in [0, 0.05) is 10.7 Å². The molecule has 3 N–H and O–H groups in total. The van der Waals surface area contributed by atoms with E-state index in [2.05, 4.69) is 10.6 Å². The van der Waals surface area contributed by atoms with Crippen LogP contribution in [0.5, 0.6) is 0 Å². The summed E-state index contributed by atoms with van der Waals surface area (Å²) in [5, 5.41) is 14.9. The molecular formula is C12H17ClN2O2. The third-order valence-electron chi connectivity index (χ3n) is 2.50. The van der Waals surface area contributed by atoms with E-state index < -0.39 is 0 Å². The van der Waals surface area contributed by atoms with Crippen LogP contribution in [-0.4, -0.2) is 23.8 Å². The third kappa shape index (κ3) is 4.24. The molecule has 0 saturated carbocycles. The fourth-order valence-corrected chi connectivity index (χ4v) is 1.52. The average molecular weight is 257 g/mol. The summed E-state index contributed by atoms with van der Waals surface area (Å²) in [7, 11) is 0. The number of benzene rings is 1. The molecule has 0 radical (unpaired) electrons. The zero-order chi connectivity index (χ0) is 12.8. The lowest BCUT2D eigenvalue weighted by Gasteiger charge is -2.15. The largest absolute Gasteiger partial charge is 0.394 e. The monoisotopic (exact) mass is 256 g/mol. The molecule has 94 valence electrons. The highest BCUT2D eigenvalue weighted by Gasteiger charge is 2.10. The quantitative estimate of drug-likeness (QED) is 0.775. The molecule has 1 aromatic carbocycles. The Morgan fingerprint density at radius 3 is 2.82 bits per heavy atom. The third-order valence-corrected chi connectivity index (χ3v) is 2.73. The predicted octanol–water partition coefficient (Wildman–Crippen LogP) is 2.54. The Hall–Kier alpha value is -1.26. The Balaban J connectivity index is 2.64. The van der Waals surface area contributed by atoms with Gasteiger partial charge in [0.25, 0.3) is 0 Å². The lowest BCUT2D eigenvalue weighted by molar-refractivity contribution is 0.222. The highest BCUT2D eigenvalue weighted by Crippen LogP contribution is 2.19. The first kappa shape index (κ1) is 13.8. The van der Waals surface area contributed by atoms with Crippen LogP contribution in [-0.2, 0) is 0 Å². The van der Waals surface area contributed by atoms with E-state index in [1.54, 1.807) is 12.1 Å². The number of carbonyl (C=O) groups excluding carboxylic acids is 1. The van der Waals surface area contributed by atoms with E-state index in [4.69, 9.17) is 16.7 Å². The Morgan fingerprint density at radius 1 is 1.53 bits per heavy atom. The number of rotatable bonds is 4. The van der Waals surface area contributed by atoms with Crippen molar-refractivity contribution in [3.05, 3.63) is 28.8 Å². The summed E-state index contributed by atoms with van der Waals surface area (Å²) in [5.41, 5.74) is 1.60. The lowest BCUT2D eigenvalue weighted by Crippen LogP contribution is -2.39. The molecule has 0 spiro atoms. The van der Waals surface area contributed by atoms with E-state index in [-0.39, 0.29) is 18.7 Å². The van der Waals surface area contributed by atoms with Gasteiger partial charge in [-0.25, -0.2) is 4.79 Å². The van der Waals surface area contributed by atoms with Crippen LogP contribution in [0.2, 0.25) is 5.02 Å². The van der Waals surface area contributed by atoms with Gasteiger partial charge in [-0.2, -0.15) is 0 Å². The molecule has 0 aromatic heterocycles. The Labute approximate surface area is 106 Å². The van der Waals surface area contributed by atoms with E-state index in [1.807, 2.05) is 19.9 Å². The molecule has 1 atom stereocenters. The first-order chi connectivity index (χ1) is 8.06. The first-order valence-corrected chi connectivity index (χ1v) is 5.89. The number of aliphatic hydroxyl groups is 1. The second-order valence-electron chi connectivity index (χ2n) is 3.85. The molecule has 4 nitrogen and oxygen atoms in total. The average Bonchev–Trinajstić information content (AvgIpc) is 2.31. The fraction of sp³-hybridized carbons (Fsp3) is 0.417. The molecule has 0 aliphatic carbocycles. The Bertz CT molecular complexity index is 392. The van der Waals surface area contributed by atoms with Gasteiger partial charge in [0.2, 0.25) is 0 Å². The molecule has 17 heavy (non-hydrogen) atoms. The maximum Gasteiger partial charge on any atom is 0.319 e. The number of amides is 2. The minimum absolute atomic E-state index is 0.0710. The summed E-state index contributed by atoms with van der Waals surface area (Å²) in [6.07, 6.45) is 0.679. The summed E-state index contributed by atoms with van der Waals surface area (Å²) >= 11 is 5.85. The van der Waals surface area contributed by atoms with Crippen LogP contribution in [0.1, 0.15) is 18.9 Å².